The predicted molar refractivity (Wildman–Crippen MR) is 173 cm³/mol. The maximum atomic E-state index is 4.37. The minimum Gasteiger partial charge on any atom is -0.0984 e. The molecule has 214 valence electrons. The van der Waals surface area contributed by atoms with Crippen LogP contribution in [0, 0.1) is 5.41 Å². The molecule has 1 aromatic carbocycles. The fourth-order valence-corrected chi connectivity index (χ4v) is 6.14. The van der Waals surface area contributed by atoms with Gasteiger partial charge in [-0.1, -0.05) is 175 Å². The molecule has 0 unspecified atom stereocenters. The van der Waals surface area contributed by atoms with Crippen molar-refractivity contribution in [1.82, 2.24) is 0 Å². The van der Waals surface area contributed by atoms with Crippen LogP contribution in [-0.4, -0.2) is 0 Å². The van der Waals surface area contributed by atoms with E-state index in [1.165, 1.54) is 112 Å². The number of fused-ring (bicyclic) bond motifs is 1. The van der Waals surface area contributed by atoms with E-state index in [1.807, 2.05) is 0 Å². The van der Waals surface area contributed by atoms with Crippen LogP contribution in [0.4, 0.5) is 0 Å². The molecule has 0 radical (unpaired) electrons. The second-order valence-corrected chi connectivity index (χ2v) is 14.2. The molecule has 1 aromatic rings. The average Bonchev–Trinajstić information content (AvgIpc) is 3.10. The Morgan fingerprint density at radius 1 is 0.763 bits per heavy atom. The number of unbranched alkanes of at least 4 members (excludes halogenated alkanes) is 10. The van der Waals surface area contributed by atoms with Crippen LogP contribution in [0.15, 0.2) is 48.1 Å². The molecule has 1 aliphatic rings. The summed E-state index contributed by atoms with van der Waals surface area (Å²) in [5, 5.41) is 0. The molecule has 0 heterocycles. The van der Waals surface area contributed by atoms with Gasteiger partial charge < -0.3 is 0 Å². The van der Waals surface area contributed by atoms with Crippen molar-refractivity contribution in [3.63, 3.8) is 0 Å². The summed E-state index contributed by atoms with van der Waals surface area (Å²) in [6.45, 7) is 25.5. The summed E-state index contributed by atoms with van der Waals surface area (Å²) in [7, 11) is 0. The Labute approximate surface area is 238 Å². The highest BCUT2D eigenvalue weighted by Gasteiger charge is 2.43. The summed E-state index contributed by atoms with van der Waals surface area (Å²) in [5.74, 6) is 0. The SMILES string of the molecule is C=CC1=C(/C=C(\C)C(C)(C)C)C(CCCCCCCC)(CCCCCCCC)c2cc(C(C)(C)C)ccc21. The topological polar surface area (TPSA) is 0 Å². The van der Waals surface area contributed by atoms with Gasteiger partial charge in [-0.3, -0.25) is 0 Å². The molecule has 0 saturated heterocycles. The molecule has 2 rings (SSSR count). The third kappa shape index (κ3) is 8.47. The first kappa shape index (κ1) is 32.7. The third-order valence-corrected chi connectivity index (χ3v) is 9.16. The van der Waals surface area contributed by atoms with Crippen molar-refractivity contribution in [2.45, 2.75) is 163 Å². The van der Waals surface area contributed by atoms with Crippen LogP contribution in [0.2, 0.25) is 0 Å². The lowest BCUT2D eigenvalue weighted by molar-refractivity contribution is 0.393. The zero-order valence-electron chi connectivity index (χ0n) is 27.0. The van der Waals surface area contributed by atoms with E-state index in [0.717, 1.165) is 0 Å². The fourth-order valence-electron chi connectivity index (χ4n) is 6.14. The minimum absolute atomic E-state index is 0.0993. The second kappa shape index (κ2) is 14.7. The predicted octanol–water partition coefficient (Wildman–Crippen LogP) is 12.7. The van der Waals surface area contributed by atoms with Gasteiger partial charge >= 0.3 is 0 Å². The van der Waals surface area contributed by atoms with E-state index in [2.05, 4.69) is 99.2 Å². The Bertz CT molecular complexity index is 921. The van der Waals surface area contributed by atoms with E-state index in [0.29, 0.717) is 0 Å². The van der Waals surface area contributed by atoms with Crippen molar-refractivity contribution in [1.29, 1.82) is 0 Å². The maximum absolute atomic E-state index is 4.37. The van der Waals surface area contributed by atoms with Crippen LogP contribution in [0.25, 0.3) is 5.57 Å². The first-order valence-electron chi connectivity index (χ1n) is 16.1. The molecule has 1 aliphatic carbocycles. The van der Waals surface area contributed by atoms with Crippen LogP contribution < -0.4 is 0 Å². The van der Waals surface area contributed by atoms with E-state index in [-0.39, 0.29) is 16.2 Å². The van der Waals surface area contributed by atoms with Gasteiger partial charge in [-0.2, -0.15) is 0 Å². The standard InChI is InChI=1S/C38H62/c1-11-14-16-18-20-22-26-38(27-23-21-19-17-15-12-2)34(28-30(4)36(5,6)7)32(13-3)33-25-24-31(29-35(33)38)37(8,9)10/h13,24-25,28-29H,3,11-12,14-23,26-27H2,1-2,4-10H3/b30-28+. The highest BCUT2D eigenvalue weighted by atomic mass is 14.5. The van der Waals surface area contributed by atoms with Crippen LogP contribution in [0.5, 0.6) is 0 Å². The Hall–Kier alpha value is -1.56. The van der Waals surface area contributed by atoms with Gasteiger partial charge in [-0.25, -0.2) is 0 Å². The molecular formula is C38H62. The molecule has 0 aromatic heterocycles. The largest absolute Gasteiger partial charge is 0.0984 e. The van der Waals surface area contributed by atoms with E-state index in [1.54, 1.807) is 11.1 Å². The van der Waals surface area contributed by atoms with E-state index < -0.39 is 0 Å². The lowest BCUT2D eigenvalue weighted by Gasteiger charge is -2.36. The number of allylic oxidation sites excluding steroid dienone is 5. The first-order chi connectivity index (χ1) is 17.9. The van der Waals surface area contributed by atoms with Crippen molar-refractivity contribution < 1.29 is 0 Å². The molecule has 0 N–H and O–H groups in total. The number of rotatable bonds is 16. The lowest BCUT2D eigenvalue weighted by Crippen LogP contribution is -2.28. The van der Waals surface area contributed by atoms with Gasteiger partial charge in [0.25, 0.3) is 0 Å². The van der Waals surface area contributed by atoms with E-state index in [9.17, 15) is 0 Å². The second-order valence-electron chi connectivity index (χ2n) is 14.2. The maximum Gasteiger partial charge on any atom is 0.0215 e. The highest BCUT2D eigenvalue weighted by Crippen LogP contribution is 2.54. The van der Waals surface area contributed by atoms with Gasteiger partial charge in [0, 0.05) is 5.41 Å². The minimum atomic E-state index is 0.0993. The van der Waals surface area contributed by atoms with Crippen molar-refractivity contribution >= 4 is 5.57 Å². The first-order valence-corrected chi connectivity index (χ1v) is 16.1. The molecule has 0 spiro atoms. The van der Waals surface area contributed by atoms with Gasteiger partial charge in [-0.15, -0.1) is 0 Å². The quantitative estimate of drug-likeness (QED) is 0.191. The van der Waals surface area contributed by atoms with Crippen molar-refractivity contribution in [3.05, 3.63) is 64.8 Å². The molecule has 0 heteroatoms. The normalized spacial score (nSPS) is 15.8. The fraction of sp³-hybridized carbons (Fsp3) is 0.684. The van der Waals surface area contributed by atoms with Crippen LogP contribution in [-0.2, 0) is 10.8 Å². The van der Waals surface area contributed by atoms with E-state index in [4.69, 9.17) is 0 Å². The Balaban J connectivity index is 2.61. The molecule has 0 nitrogen and oxygen atoms in total. The van der Waals surface area contributed by atoms with Gasteiger partial charge in [0.2, 0.25) is 0 Å². The number of hydrogen-bond donors (Lipinski definition) is 0. The van der Waals surface area contributed by atoms with Crippen molar-refractivity contribution in [3.8, 4) is 0 Å². The summed E-state index contributed by atoms with van der Waals surface area (Å²) in [6.07, 6.45) is 23.5. The molecular weight excluding hydrogens is 456 g/mol. The van der Waals surface area contributed by atoms with Crippen molar-refractivity contribution in [2.24, 2.45) is 5.41 Å². The van der Waals surface area contributed by atoms with Gasteiger partial charge in [0.15, 0.2) is 0 Å². The van der Waals surface area contributed by atoms with Gasteiger partial charge in [0.1, 0.15) is 0 Å². The molecule has 0 bridgehead atoms. The molecule has 0 saturated carbocycles. The monoisotopic (exact) mass is 518 g/mol. The highest BCUT2D eigenvalue weighted by molar-refractivity contribution is 5.88. The Morgan fingerprint density at radius 3 is 1.71 bits per heavy atom. The average molecular weight is 519 g/mol. The lowest BCUT2D eigenvalue weighted by atomic mass is 9.68. The van der Waals surface area contributed by atoms with Crippen LogP contribution >= 0.6 is 0 Å². The third-order valence-electron chi connectivity index (χ3n) is 9.16. The smallest absolute Gasteiger partial charge is 0.0215 e. The molecule has 0 atom stereocenters. The molecule has 0 aliphatic heterocycles. The van der Waals surface area contributed by atoms with Crippen LogP contribution in [0.1, 0.15) is 169 Å². The zero-order chi connectivity index (χ0) is 28.4. The Morgan fingerprint density at radius 2 is 1.26 bits per heavy atom. The van der Waals surface area contributed by atoms with E-state index >= 15 is 0 Å². The Kier molecular flexibility index (Phi) is 12.6. The molecule has 0 fully saturated rings. The molecule has 0 amide bonds. The van der Waals surface area contributed by atoms with Gasteiger partial charge in [0.05, 0.1) is 0 Å². The summed E-state index contributed by atoms with van der Waals surface area (Å²) in [5.41, 5.74) is 9.34. The summed E-state index contributed by atoms with van der Waals surface area (Å²) in [4.78, 5) is 0. The van der Waals surface area contributed by atoms with Gasteiger partial charge in [-0.05, 0) is 58.4 Å². The number of hydrogen-bond acceptors (Lipinski definition) is 0. The molecule has 38 heavy (non-hydrogen) atoms. The zero-order valence-corrected chi connectivity index (χ0v) is 27.0. The summed E-state index contributed by atoms with van der Waals surface area (Å²) in [6, 6.07) is 7.41. The summed E-state index contributed by atoms with van der Waals surface area (Å²) >= 11 is 0. The van der Waals surface area contributed by atoms with Crippen LogP contribution in [0.3, 0.4) is 0 Å². The van der Waals surface area contributed by atoms with Crippen molar-refractivity contribution in [2.75, 3.05) is 0 Å². The summed E-state index contributed by atoms with van der Waals surface area (Å²) < 4.78 is 0. The number of benzene rings is 1.